The fourth-order valence-corrected chi connectivity index (χ4v) is 2.50. The highest BCUT2D eigenvalue weighted by Crippen LogP contribution is 2.15. The van der Waals surface area contributed by atoms with Crippen molar-refractivity contribution in [3.63, 3.8) is 0 Å². The van der Waals surface area contributed by atoms with E-state index in [0.717, 1.165) is 11.1 Å². The molecule has 0 saturated carbocycles. The van der Waals surface area contributed by atoms with Crippen molar-refractivity contribution in [2.45, 2.75) is 18.8 Å². The first-order chi connectivity index (χ1) is 12.2. The lowest BCUT2D eigenvalue weighted by molar-refractivity contribution is -0.123. The van der Waals surface area contributed by atoms with Crippen LogP contribution in [0.2, 0.25) is 0 Å². The molecule has 2 N–H and O–H groups in total. The smallest absolute Gasteiger partial charge is 0.387 e. The molecule has 0 saturated heterocycles. The minimum atomic E-state index is -4.43. The van der Waals surface area contributed by atoms with Crippen molar-refractivity contribution in [2.24, 2.45) is 0 Å². The molecule has 0 aromatic heterocycles. The number of aliphatic hydroxyl groups excluding tert-OH is 1. The van der Waals surface area contributed by atoms with Crippen LogP contribution >= 0.6 is 0 Å². The fraction of sp³-hybridized carbons (Fsp3) is 0.316. The van der Waals surface area contributed by atoms with Gasteiger partial charge >= 0.3 is 6.18 Å². The molecule has 0 bridgehead atoms. The SMILES string of the molecule is CN(Cc1ccc(C(=O)NCC(F)(F)F)cc1)CC(O)c1ccccc1. The molecule has 7 heteroatoms. The Labute approximate surface area is 150 Å². The second-order valence-corrected chi connectivity index (χ2v) is 6.12. The van der Waals surface area contributed by atoms with E-state index in [1.165, 1.54) is 12.1 Å². The standard InChI is InChI=1S/C19H21F3N2O2/c1-24(12-17(25)15-5-3-2-4-6-15)11-14-7-9-16(10-8-14)18(26)23-13-19(20,21)22/h2-10,17,25H,11-13H2,1H3,(H,23,26). The van der Waals surface area contributed by atoms with Crippen molar-refractivity contribution in [3.8, 4) is 0 Å². The number of halogens is 3. The average Bonchev–Trinajstić information content (AvgIpc) is 2.60. The third-order valence-electron chi connectivity index (χ3n) is 3.79. The third-order valence-corrected chi connectivity index (χ3v) is 3.79. The normalized spacial score (nSPS) is 12.8. The van der Waals surface area contributed by atoms with Crippen LogP contribution in [0.3, 0.4) is 0 Å². The van der Waals surface area contributed by atoms with E-state index in [9.17, 15) is 23.1 Å². The van der Waals surface area contributed by atoms with Gasteiger partial charge in [-0.1, -0.05) is 42.5 Å². The van der Waals surface area contributed by atoms with E-state index in [1.807, 2.05) is 47.6 Å². The topological polar surface area (TPSA) is 52.6 Å². The van der Waals surface area contributed by atoms with Gasteiger partial charge in [0, 0.05) is 18.7 Å². The maximum absolute atomic E-state index is 12.1. The van der Waals surface area contributed by atoms with Crippen LogP contribution in [-0.2, 0) is 6.54 Å². The molecular weight excluding hydrogens is 345 g/mol. The van der Waals surface area contributed by atoms with Crippen molar-refractivity contribution in [1.82, 2.24) is 10.2 Å². The molecule has 2 aromatic rings. The van der Waals surface area contributed by atoms with Gasteiger partial charge in [-0.2, -0.15) is 13.2 Å². The summed E-state index contributed by atoms with van der Waals surface area (Å²) in [7, 11) is 1.86. The summed E-state index contributed by atoms with van der Waals surface area (Å²) in [5.41, 5.74) is 1.89. The number of hydrogen-bond donors (Lipinski definition) is 2. The first-order valence-corrected chi connectivity index (χ1v) is 8.10. The summed E-state index contributed by atoms with van der Waals surface area (Å²) in [5.74, 6) is -0.762. The zero-order chi connectivity index (χ0) is 19.2. The lowest BCUT2D eigenvalue weighted by Gasteiger charge is -2.21. The van der Waals surface area contributed by atoms with Gasteiger partial charge in [-0.15, -0.1) is 0 Å². The van der Waals surface area contributed by atoms with Crippen molar-refractivity contribution in [1.29, 1.82) is 0 Å². The summed E-state index contributed by atoms with van der Waals surface area (Å²) in [6.45, 7) is -0.389. The van der Waals surface area contributed by atoms with E-state index in [-0.39, 0.29) is 5.56 Å². The van der Waals surface area contributed by atoms with E-state index in [4.69, 9.17) is 0 Å². The lowest BCUT2D eigenvalue weighted by Crippen LogP contribution is -2.33. The molecule has 2 rings (SSSR count). The predicted molar refractivity (Wildman–Crippen MR) is 92.6 cm³/mol. The predicted octanol–water partition coefficient (Wildman–Crippen LogP) is 3.14. The highest BCUT2D eigenvalue weighted by atomic mass is 19.4. The molecule has 26 heavy (non-hydrogen) atoms. The van der Waals surface area contributed by atoms with E-state index in [1.54, 1.807) is 12.1 Å². The van der Waals surface area contributed by atoms with Crippen LogP contribution in [0, 0.1) is 0 Å². The summed E-state index contributed by atoms with van der Waals surface area (Å²) in [5, 5.41) is 12.1. The zero-order valence-corrected chi connectivity index (χ0v) is 14.3. The number of amides is 1. The van der Waals surface area contributed by atoms with E-state index < -0.39 is 24.7 Å². The molecular formula is C19H21F3N2O2. The number of aliphatic hydroxyl groups is 1. The number of nitrogens with one attached hydrogen (secondary N) is 1. The Morgan fingerprint density at radius 3 is 2.31 bits per heavy atom. The molecule has 0 fully saturated rings. The van der Waals surface area contributed by atoms with Crippen molar-refractivity contribution >= 4 is 5.91 Å². The molecule has 1 amide bonds. The lowest BCUT2D eigenvalue weighted by atomic mass is 10.1. The van der Waals surface area contributed by atoms with Crippen LogP contribution in [0.4, 0.5) is 13.2 Å². The van der Waals surface area contributed by atoms with Crippen LogP contribution < -0.4 is 5.32 Å². The average molecular weight is 366 g/mol. The summed E-state index contributed by atoms with van der Waals surface area (Å²) in [4.78, 5) is 13.6. The molecule has 0 radical (unpaired) electrons. The largest absolute Gasteiger partial charge is 0.405 e. The van der Waals surface area contributed by atoms with Crippen LogP contribution in [0.5, 0.6) is 0 Å². The molecule has 4 nitrogen and oxygen atoms in total. The Balaban J connectivity index is 1.87. The van der Waals surface area contributed by atoms with Gasteiger partial charge in [-0.25, -0.2) is 0 Å². The van der Waals surface area contributed by atoms with Crippen molar-refractivity contribution in [2.75, 3.05) is 20.1 Å². The summed E-state index contributed by atoms with van der Waals surface area (Å²) >= 11 is 0. The highest BCUT2D eigenvalue weighted by molar-refractivity contribution is 5.94. The van der Waals surface area contributed by atoms with Crippen molar-refractivity contribution in [3.05, 3.63) is 71.3 Å². The van der Waals surface area contributed by atoms with Gasteiger partial charge in [0.25, 0.3) is 5.91 Å². The molecule has 140 valence electrons. The molecule has 0 aliphatic heterocycles. The van der Waals surface area contributed by atoms with Crippen molar-refractivity contribution < 1.29 is 23.1 Å². The van der Waals surface area contributed by atoms with E-state index in [2.05, 4.69) is 0 Å². The van der Waals surface area contributed by atoms with Gasteiger partial charge in [-0.05, 0) is 30.3 Å². The Morgan fingerprint density at radius 2 is 1.73 bits per heavy atom. The monoisotopic (exact) mass is 366 g/mol. The van der Waals surface area contributed by atoms with Gasteiger partial charge in [0.15, 0.2) is 0 Å². The molecule has 0 aliphatic carbocycles. The third kappa shape index (κ3) is 6.50. The Hall–Kier alpha value is -2.38. The summed E-state index contributed by atoms with van der Waals surface area (Å²) in [6, 6.07) is 15.7. The van der Waals surface area contributed by atoms with Gasteiger partial charge in [0.1, 0.15) is 6.54 Å². The van der Waals surface area contributed by atoms with Gasteiger partial charge < -0.3 is 10.4 Å². The number of nitrogens with zero attached hydrogens (tertiary/aromatic N) is 1. The molecule has 2 aromatic carbocycles. The number of carbonyl (C=O) groups excluding carboxylic acids is 1. The first kappa shape index (κ1) is 19.9. The maximum Gasteiger partial charge on any atom is 0.405 e. The van der Waals surface area contributed by atoms with Crippen LogP contribution in [0.1, 0.15) is 27.6 Å². The Kier molecular flexibility index (Phi) is 6.76. The second kappa shape index (κ2) is 8.82. The number of carbonyl (C=O) groups is 1. The summed E-state index contributed by atoms with van der Waals surface area (Å²) in [6.07, 6.45) is -5.05. The first-order valence-electron chi connectivity index (χ1n) is 8.10. The molecule has 0 spiro atoms. The van der Waals surface area contributed by atoms with Crippen LogP contribution in [0.25, 0.3) is 0 Å². The molecule has 0 aliphatic rings. The summed E-state index contributed by atoms with van der Waals surface area (Å²) < 4.78 is 36.4. The van der Waals surface area contributed by atoms with Gasteiger partial charge in [0.2, 0.25) is 0 Å². The van der Waals surface area contributed by atoms with Crippen LogP contribution in [0.15, 0.2) is 54.6 Å². The number of likely N-dealkylation sites (N-methyl/N-ethyl adjacent to an activating group) is 1. The maximum atomic E-state index is 12.1. The minimum Gasteiger partial charge on any atom is -0.387 e. The number of rotatable bonds is 7. The fourth-order valence-electron chi connectivity index (χ4n) is 2.50. The highest BCUT2D eigenvalue weighted by Gasteiger charge is 2.27. The number of alkyl halides is 3. The quantitative estimate of drug-likeness (QED) is 0.792. The van der Waals surface area contributed by atoms with E-state index in [0.29, 0.717) is 13.1 Å². The number of hydrogen-bond acceptors (Lipinski definition) is 3. The number of benzene rings is 2. The second-order valence-electron chi connectivity index (χ2n) is 6.12. The van der Waals surface area contributed by atoms with Gasteiger partial charge in [0.05, 0.1) is 6.10 Å². The molecule has 1 atom stereocenters. The Morgan fingerprint density at radius 1 is 1.12 bits per heavy atom. The zero-order valence-electron chi connectivity index (χ0n) is 14.3. The Bertz CT molecular complexity index is 703. The van der Waals surface area contributed by atoms with Gasteiger partial charge in [-0.3, -0.25) is 9.69 Å². The minimum absolute atomic E-state index is 0.171. The van der Waals surface area contributed by atoms with E-state index >= 15 is 0 Å². The molecule has 0 heterocycles. The van der Waals surface area contributed by atoms with Crippen LogP contribution in [-0.4, -0.2) is 42.2 Å². The molecule has 1 unspecified atom stereocenters.